The van der Waals surface area contributed by atoms with Crippen LogP contribution in [0.15, 0.2) is 96.1 Å². The van der Waals surface area contributed by atoms with Crippen molar-refractivity contribution < 1.29 is 9.53 Å². The minimum absolute atomic E-state index is 0.0567. The summed E-state index contributed by atoms with van der Waals surface area (Å²) in [5, 5.41) is 9.67. The average molecular weight is 476 g/mol. The molecule has 2 heterocycles. The number of hydrogen-bond donors (Lipinski definition) is 0. The molecule has 0 aromatic heterocycles. The Morgan fingerprint density at radius 3 is 2.33 bits per heavy atom. The zero-order chi connectivity index (χ0) is 24.5. The van der Waals surface area contributed by atoms with Crippen molar-refractivity contribution in [3.8, 4) is 0 Å². The van der Waals surface area contributed by atoms with Gasteiger partial charge in [0.1, 0.15) is 0 Å². The smallest absolute Gasteiger partial charge is 0.254 e. The number of anilines is 1. The van der Waals surface area contributed by atoms with Crippen molar-refractivity contribution in [1.29, 1.82) is 0 Å². The number of fused-ring (bicyclic) bond motifs is 1. The lowest BCUT2D eigenvalue weighted by Crippen LogP contribution is -2.40. The topological polar surface area (TPSA) is 45.1 Å². The fourth-order valence-corrected chi connectivity index (χ4v) is 5.05. The number of benzene rings is 4. The molecule has 1 fully saturated rings. The van der Waals surface area contributed by atoms with Gasteiger partial charge in [-0.1, -0.05) is 66.2 Å². The van der Waals surface area contributed by atoms with Crippen LogP contribution in [-0.2, 0) is 4.74 Å². The van der Waals surface area contributed by atoms with Gasteiger partial charge in [0, 0.05) is 25.1 Å². The zero-order valence-corrected chi connectivity index (χ0v) is 20.4. The van der Waals surface area contributed by atoms with Crippen molar-refractivity contribution >= 4 is 28.1 Å². The normalized spacial score (nSPS) is 17.9. The molecule has 1 atom stereocenters. The first-order valence-electron chi connectivity index (χ1n) is 12.6. The van der Waals surface area contributed by atoms with Gasteiger partial charge in [0.05, 0.1) is 30.7 Å². The van der Waals surface area contributed by atoms with Crippen LogP contribution in [0.2, 0.25) is 0 Å². The fourth-order valence-electron chi connectivity index (χ4n) is 5.05. The largest absolute Gasteiger partial charge is 0.378 e. The van der Waals surface area contributed by atoms with Crippen LogP contribution >= 0.6 is 0 Å². The molecule has 2 aliphatic heterocycles. The Hall–Kier alpha value is -3.96. The van der Waals surface area contributed by atoms with Crippen LogP contribution in [0.25, 0.3) is 10.8 Å². The quantitative estimate of drug-likeness (QED) is 0.365. The van der Waals surface area contributed by atoms with Gasteiger partial charge in [-0.3, -0.25) is 9.80 Å². The Labute approximate surface area is 211 Å². The fraction of sp³-hybridized carbons (Fsp3) is 0.226. The van der Waals surface area contributed by atoms with Crippen molar-refractivity contribution in [2.45, 2.75) is 19.4 Å². The van der Waals surface area contributed by atoms with Crippen molar-refractivity contribution in [2.75, 3.05) is 31.3 Å². The Morgan fingerprint density at radius 1 is 0.861 bits per heavy atom. The van der Waals surface area contributed by atoms with E-state index in [9.17, 15) is 4.79 Å². The number of carbonyl (C=O) groups excluding carboxylic acids is 1. The van der Waals surface area contributed by atoms with Gasteiger partial charge in [0.2, 0.25) is 0 Å². The van der Waals surface area contributed by atoms with E-state index in [0.717, 1.165) is 23.4 Å². The molecule has 0 radical (unpaired) electrons. The molecule has 1 amide bonds. The van der Waals surface area contributed by atoms with E-state index in [1.165, 1.54) is 21.9 Å². The Bertz CT molecular complexity index is 1420. The molecule has 1 saturated heterocycles. The molecule has 0 spiro atoms. The Balaban J connectivity index is 1.34. The van der Waals surface area contributed by atoms with Gasteiger partial charge in [-0.2, -0.15) is 5.10 Å². The number of hydrogen-bond acceptors (Lipinski definition) is 4. The molecule has 5 nitrogen and oxygen atoms in total. The summed E-state index contributed by atoms with van der Waals surface area (Å²) < 4.78 is 5.39. The van der Waals surface area contributed by atoms with Crippen LogP contribution in [-0.4, -0.2) is 42.8 Å². The lowest BCUT2D eigenvalue weighted by atomic mass is 9.96. The van der Waals surface area contributed by atoms with Crippen molar-refractivity contribution in [2.24, 2.45) is 5.10 Å². The van der Waals surface area contributed by atoms with Crippen LogP contribution in [0.5, 0.6) is 0 Å². The number of morpholine rings is 1. The van der Waals surface area contributed by atoms with E-state index in [2.05, 4.69) is 78.7 Å². The lowest BCUT2D eigenvalue weighted by Gasteiger charge is -2.27. The molecular formula is C31H29N3O2. The van der Waals surface area contributed by atoms with E-state index < -0.39 is 0 Å². The molecule has 4 aromatic carbocycles. The lowest BCUT2D eigenvalue weighted by molar-refractivity contribution is 0.0303. The first-order chi connectivity index (χ1) is 17.7. The van der Waals surface area contributed by atoms with E-state index in [0.29, 0.717) is 31.9 Å². The maximum Gasteiger partial charge on any atom is 0.254 e. The standard InChI is InChI=1S/C31H29N3O2/c1-22-6-8-24(9-7-22)29-21-30(27-11-10-23-4-2-3-5-26(23)20-27)34(32-29)28-14-12-25(13-15-28)31(35)33-16-18-36-19-17-33/h2-15,20,30H,16-19,21H2,1H3. The summed E-state index contributed by atoms with van der Waals surface area (Å²) in [4.78, 5) is 14.8. The number of amides is 1. The highest BCUT2D eigenvalue weighted by Crippen LogP contribution is 2.38. The molecule has 0 bridgehead atoms. The maximum absolute atomic E-state index is 12.9. The predicted molar refractivity (Wildman–Crippen MR) is 145 cm³/mol. The highest BCUT2D eigenvalue weighted by atomic mass is 16.5. The molecule has 0 saturated carbocycles. The summed E-state index contributed by atoms with van der Waals surface area (Å²) in [5.41, 5.74) is 6.36. The van der Waals surface area contributed by atoms with E-state index in [1.807, 2.05) is 29.2 Å². The third-order valence-electron chi connectivity index (χ3n) is 7.13. The van der Waals surface area contributed by atoms with Gasteiger partial charge in [0.25, 0.3) is 5.91 Å². The van der Waals surface area contributed by atoms with Crippen molar-refractivity contribution in [3.63, 3.8) is 0 Å². The summed E-state index contributed by atoms with van der Waals surface area (Å²) in [7, 11) is 0. The Morgan fingerprint density at radius 2 is 1.58 bits per heavy atom. The van der Waals surface area contributed by atoms with Gasteiger partial charge >= 0.3 is 0 Å². The van der Waals surface area contributed by atoms with Crippen molar-refractivity contribution in [3.05, 3.63) is 113 Å². The summed E-state index contributed by atoms with van der Waals surface area (Å²) in [5.74, 6) is 0.0567. The van der Waals surface area contributed by atoms with E-state index >= 15 is 0 Å². The van der Waals surface area contributed by atoms with Gasteiger partial charge in [0.15, 0.2) is 0 Å². The van der Waals surface area contributed by atoms with Crippen molar-refractivity contribution in [1.82, 2.24) is 4.90 Å². The number of ether oxygens (including phenoxy) is 1. The summed E-state index contributed by atoms with van der Waals surface area (Å²) in [6, 6.07) is 31.7. The highest BCUT2D eigenvalue weighted by Gasteiger charge is 2.30. The molecule has 180 valence electrons. The van der Waals surface area contributed by atoms with Crippen LogP contribution in [0.4, 0.5) is 5.69 Å². The van der Waals surface area contributed by atoms with Gasteiger partial charge in [-0.25, -0.2) is 0 Å². The minimum Gasteiger partial charge on any atom is -0.378 e. The number of nitrogens with zero attached hydrogens (tertiary/aromatic N) is 3. The van der Waals surface area contributed by atoms with Gasteiger partial charge < -0.3 is 9.64 Å². The first-order valence-corrected chi connectivity index (χ1v) is 12.6. The zero-order valence-electron chi connectivity index (χ0n) is 20.4. The summed E-state index contributed by atoms with van der Waals surface area (Å²) >= 11 is 0. The third kappa shape index (κ3) is 4.38. The van der Waals surface area contributed by atoms with Crippen LogP contribution in [0, 0.1) is 6.92 Å². The number of carbonyl (C=O) groups is 1. The van der Waals surface area contributed by atoms with E-state index in [-0.39, 0.29) is 11.9 Å². The average Bonchev–Trinajstić information content (AvgIpc) is 3.39. The monoisotopic (exact) mass is 475 g/mol. The second-order valence-electron chi connectivity index (χ2n) is 9.54. The Kier molecular flexibility index (Phi) is 5.99. The SMILES string of the molecule is Cc1ccc(C2=NN(c3ccc(C(=O)N4CCOCC4)cc3)C(c3ccc4ccccc4c3)C2)cc1. The van der Waals surface area contributed by atoms with Crippen LogP contribution in [0.3, 0.4) is 0 Å². The molecule has 0 N–H and O–H groups in total. The first kappa shape index (κ1) is 22.5. The molecular weight excluding hydrogens is 446 g/mol. The molecule has 36 heavy (non-hydrogen) atoms. The molecule has 0 aliphatic carbocycles. The molecule has 1 unspecified atom stereocenters. The molecule has 5 heteroatoms. The highest BCUT2D eigenvalue weighted by molar-refractivity contribution is 6.03. The second-order valence-corrected chi connectivity index (χ2v) is 9.54. The predicted octanol–water partition coefficient (Wildman–Crippen LogP) is 5.98. The maximum atomic E-state index is 12.9. The van der Waals surface area contributed by atoms with E-state index in [4.69, 9.17) is 9.84 Å². The number of hydrazone groups is 1. The molecule has 4 aromatic rings. The van der Waals surface area contributed by atoms with Gasteiger partial charge in [-0.05, 0) is 59.2 Å². The summed E-state index contributed by atoms with van der Waals surface area (Å²) in [6.45, 7) is 4.58. The number of aryl methyl sites for hydroxylation is 1. The minimum atomic E-state index is 0.0567. The second kappa shape index (κ2) is 9.59. The van der Waals surface area contributed by atoms with Crippen LogP contribution in [0.1, 0.15) is 39.5 Å². The summed E-state index contributed by atoms with van der Waals surface area (Å²) in [6.07, 6.45) is 0.815. The molecule has 2 aliphatic rings. The van der Waals surface area contributed by atoms with Crippen LogP contribution < -0.4 is 5.01 Å². The third-order valence-corrected chi connectivity index (χ3v) is 7.13. The van der Waals surface area contributed by atoms with E-state index in [1.54, 1.807) is 0 Å². The number of rotatable bonds is 4. The molecule has 6 rings (SSSR count). The van der Waals surface area contributed by atoms with Gasteiger partial charge in [-0.15, -0.1) is 0 Å².